The molecule has 0 spiro atoms. The van der Waals surface area contributed by atoms with Crippen LogP contribution in [0.4, 0.5) is 0 Å². The third-order valence-electron chi connectivity index (χ3n) is 2.33. The SMILES string of the molecule is Cn1ccnc1Cc1cncc(C(=O)O)c1. The summed E-state index contributed by atoms with van der Waals surface area (Å²) < 4.78 is 1.90. The van der Waals surface area contributed by atoms with Gasteiger partial charge in [-0.1, -0.05) is 0 Å². The van der Waals surface area contributed by atoms with Crippen LogP contribution in [0.1, 0.15) is 21.7 Å². The molecule has 0 saturated carbocycles. The second-order valence-electron chi connectivity index (χ2n) is 3.52. The summed E-state index contributed by atoms with van der Waals surface area (Å²) in [6.45, 7) is 0. The van der Waals surface area contributed by atoms with Crippen molar-refractivity contribution in [1.29, 1.82) is 0 Å². The quantitative estimate of drug-likeness (QED) is 0.836. The van der Waals surface area contributed by atoms with Gasteiger partial charge in [0, 0.05) is 38.3 Å². The number of aryl methyl sites for hydroxylation is 1. The van der Waals surface area contributed by atoms with Crippen LogP contribution in [0.3, 0.4) is 0 Å². The number of rotatable bonds is 3. The fourth-order valence-electron chi connectivity index (χ4n) is 1.45. The topological polar surface area (TPSA) is 68.0 Å². The molecule has 1 N–H and O–H groups in total. The van der Waals surface area contributed by atoms with Crippen LogP contribution in [0.25, 0.3) is 0 Å². The summed E-state index contributed by atoms with van der Waals surface area (Å²) in [6.07, 6.45) is 7.14. The van der Waals surface area contributed by atoms with Gasteiger partial charge in [-0.05, 0) is 11.6 Å². The lowest BCUT2D eigenvalue weighted by atomic mass is 10.1. The highest BCUT2D eigenvalue weighted by Gasteiger charge is 2.06. The molecule has 2 heterocycles. The van der Waals surface area contributed by atoms with Gasteiger partial charge in [0.05, 0.1) is 5.56 Å². The molecule has 0 aliphatic heterocycles. The number of hydrogen-bond acceptors (Lipinski definition) is 3. The molecule has 0 atom stereocenters. The maximum absolute atomic E-state index is 10.8. The van der Waals surface area contributed by atoms with Gasteiger partial charge in [-0.15, -0.1) is 0 Å². The highest BCUT2D eigenvalue weighted by atomic mass is 16.4. The van der Waals surface area contributed by atoms with E-state index in [1.165, 1.54) is 6.20 Å². The fourth-order valence-corrected chi connectivity index (χ4v) is 1.45. The van der Waals surface area contributed by atoms with Gasteiger partial charge >= 0.3 is 5.97 Å². The van der Waals surface area contributed by atoms with Crippen molar-refractivity contribution in [2.24, 2.45) is 7.05 Å². The van der Waals surface area contributed by atoms with Crippen LogP contribution < -0.4 is 0 Å². The molecule has 0 amide bonds. The molecule has 0 fully saturated rings. The van der Waals surface area contributed by atoms with Gasteiger partial charge < -0.3 is 9.67 Å². The second-order valence-corrected chi connectivity index (χ2v) is 3.52. The lowest BCUT2D eigenvalue weighted by Gasteiger charge is -2.02. The van der Waals surface area contributed by atoms with Crippen LogP contribution in [-0.4, -0.2) is 25.6 Å². The minimum absolute atomic E-state index is 0.201. The van der Waals surface area contributed by atoms with E-state index in [2.05, 4.69) is 9.97 Å². The molecule has 2 rings (SSSR count). The number of aromatic carboxylic acids is 1. The first-order valence-electron chi connectivity index (χ1n) is 4.80. The molecule has 2 aromatic heterocycles. The van der Waals surface area contributed by atoms with Gasteiger partial charge in [0.25, 0.3) is 0 Å². The van der Waals surface area contributed by atoms with Crippen molar-refractivity contribution < 1.29 is 9.90 Å². The predicted molar refractivity (Wildman–Crippen MR) is 57.2 cm³/mol. The predicted octanol–water partition coefficient (Wildman–Crippen LogP) is 1.10. The van der Waals surface area contributed by atoms with Gasteiger partial charge in [0.1, 0.15) is 5.82 Å². The van der Waals surface area contributed by atoms with E-state index in [1.54, 1.807) is 18.5 Å². The summed E-state index contributed by atoms with van der Waals surface area (Å²) >= 11 is 0. The van der Waals surface area contributed by atoms with E-state index in [9.17, 15) is 4.79 Å². The smallest absolute Gasteiger partial charge is 0.337 e. The zero-order chi connectivity index (χ0) is 11.5. The third-order valence-corrected chi connectivity index (χ3v) is 2.33. The molecule has 0 aromatic carbocycles. The van der Waals surface area contributed by atoms with Gasteiger partial charge in [-0.25, -0.2) is 9.78 Å². The zero-order valence-corrected chi connectivity index (χ0v) is 8.79. The molecule has 0 saturated heterocycles. The summed E-state index contributed by atoms with van der Waals surface area (Å²) in [4.78, 5) is 18.8. The molecule has 5 nitrogen and oxygen atoms in total. The summed E-state index contributed by atoms with van der Waals surface area (Å²) in [6, 6.07) is 1.62. The average molecular weight is 217 g/mol. The highest BCUT2D eigenvalue weighted by Crippen LogP contribution is 2.08. The number of nitrogens with zero attached hydrogens (tertiary/aromatic N) is 3. The lowest BCUT2D eigenvalue weighted by Crippen LogP contribution is -2.02. The minimum atomic E-state index is -0.964. The molecule has 0 unspecified atom stereocenters. The second kappa shape index (κ2) is 4.14. The Morgan fingerprint density at radius 1 is 1.50 bits per heavy atom. The number of carboxylic acid groups (broad SMARTS) is 1. The standard InChI is InChI=1S/C11H11N3O2/c1-14-3-2-13-10(14)5-8-4-9(11(15)16)7-12-6-8/h2-4,6-7H,5H2,1H3,(H,15,16). The molecule has 0 aliphatic carbocycles. The molecule has 5 heteroatoms. The van der Waals surface area contributed by atoms with E-state index >= 15 is 0 Å². The van der Waals surface area contributed by atoms with Crippen LogP contribution in [-0.2, 0) is 13.5 Å². The lowest BCUT2D eigenvalue weighted by molar-refractivity contribution is 0.0696. The highest BCUT2D eigenvalue weighted by molar-refractivity contribution is 5.87. The number of aromatic nitrogens is 3. The van der Waals surface area contributed by atoms with Gasteiger partial charge in [-0.3, -0.25) is 4.98 Å². The average Bonchev–Trinajstić information content (AvgIpc) is 2.65. The van der Waals surface area contributed by atoms with E-state index in [0.717, 1.165) is 11.4 Å². The number of hydrogen-bond donors (Lipinski definition) is 1. The summed E-state index contributed by atoms with van der Waals surface area (Å²) in [5.41, 5.74) is 1.04. The molecular formula is C11H11N3O2. The Bertz CT molecular complexity index is 519. The van der Waals surface area contributed by atoms with Crippen LogP contribution >= 0.6 is 0 Å². The number of pyridine rings is 1. The van der Waals surface area contributed by atoms with Crippen molar-refractivity contribution in [2.45, 2.75) is 6.42 Å². The van der Waals surface area contributed by atoms with E-state index in [0.29, 0.717) is 6.42 Å². The summed E-state index contributed by atoms with van der Waals surface area (Å²) in [5.74, 6) is -0.0847. The van der Waals surface area contributed by atoms with E-state index in [-0.39, 0.29) is 5.56 Å². The first-order valence-corrected chi connectivity index (χ1v) is 4.80. The van der Waals surface area contributed by atoms with Gasteiger partial charge in [0.15, 0.2) is 0 Å². The van der Waals surface area contributed by atoms with Gasteiger partial charge in [-0.2, -0.15) is 0 Å². The summed E-state index contributed by atoms with van der Waals surface area (Å²) in [5, 5.41) is 8.83. The zero-order valence-electron chi connectivity index (χ0n) is 8.79. The van der Waals surface area contributed by atoms with Crippen LogP contribution in [0.2, 0.25) is 0 Å². The Hall–Kier alpha value is -2.17. The molecular weight excluding hydrogens is 206 g/mol. The minimum Gasteiger partial charge on any atom is -0.478 e. The Morgan fingerprint density at radius 3 is 2.94 bits per heavy atom. The Morgan fingerprint density at radius 2 is 2.31 bits per heavy atom. The van der Waals surface area contributed by atoms with Crippen LogP contribution in [0.5, 0.6) is 0 Å². The Labute approximate surface area is 92.4 Å². The molecule has 0 bridgehead atoms. The number of carboxylic acids is 1. The van der Waals surface area contributed by atoms with Crippen molar-refractivity contribution in [3.05, 3.63) is 47.8 Å². The van der Waals surface area contributed by atoms with E-state index < -0.39 is 5.97 Å². The van der Waals surface area contributed by atoms with Crippen LogP contribution in [0.15, 0.2) is 30.9 Å². The van der Waals surface area contributed by atoms with Gasteiger partial charge in [0.2, 0.25) is 0 Å². The Balaban J connectivity index is 2.25. The molecule has 82 valence electrons. The maximum Gasteiger partial charge on any atom is 0.337 e. The van der Waals surface area contributed by atoms with E-state index in [4.69, 9.17) is 5.11 Å². The molecule has 2 aromatic rings. The first kappa shape index (κ1) is 10.4. The largest absolute Gasteiger partial charge is 0.478 e. The first-order chi connectivity index (χ1) is 7.66. The maximum atomic E-state index is 10.8. The van der Waals surface area contributed by atoms with Crippen molar-refractivity contribution in [3.8, 4) is 0 Å². The molecule has 16 heavy (non-hydrogen) atoms. The third kappa shape index (κ3) is 2.08. The Kier molecular flexibility index (Phi) is 2.68. The van der Waals surface area contributed by atoms with Crippen LogP contribution in [0, 0.1) is 0 Å². The van der Waals surface area contributed by atoms with Crippen molar-refractivity contribution in [1.82, 2.24) is 14.5 Å². The normalized spacial score (nSPS) is 10.3. The fraction of sp³-hybridized carbons (Fsp3) is 0.182. The number of carbonyl (C=O) groups is 1. The van der Waals surface area contributed by atoms with E-state index in [1.807, 2.05) is 17.8 Å². The van der Waals surface area contributed by atoms with Crippen molar-refractivity contribution in [2.75, 3.05) is 0 Å². The van der Waals surface area contributed by atoms with Crippen molar-refractivity contribution in [3.63, 3.8) is 0 Å². The molecule has 0 aliphatic rings. The number of imidazole rings is 1. The monoisotopic (exact) mass is 217 g/mol. The van der Waals surface area contributed by atoms with Crippen molar-refractivity contribution >= 4 is 5.97 Å². The summed E-state index contributed by atoms with van der Waals surface area (Å²) in [7, 11) is 1.90. The molecule has 0 radical (unpaired) electrons.